The molecule has 0 N–H and O–H groups in total. The fourth-order valence-electron chi connectivity index (χ4n) is 7.68. The van der Waals surface area contributed by atoms with Gasteiger partial charge < -0.3 is 9.64 Å². The molecule has 0 atom stereocenters. The third-order valence-corrected chi connectivity index (χ3v) is 10.5. The van der Waals surface area contributed by atoms with E-state index in [2.05, 4.69) is 65.4 Å². The molecule has 1 fully saturated rings. The van der Waals surface area contributed by atoms with Gasteiger partial charge in [0.25, 0.3) is 0 Å². The summed E-state index contributed by atoms with van der Waals surface area (Å²) in [5.41, 5.74) is 10.6. The molecule has 1 aliphatic heterocycles. The number of nitrogens with zero attached hydrogens (tertiary/aromatic N) is 2. The van der Waals surface area contributed by atoms with Gasteiger partial charge in [-0.2, -0.15) is 0 Å². The Labute approximate surface area is 318 Å². The molecule has 54 heavy (non-hydrogen) atoms. The lowest BCUT2D eigenvalue weighted by atomic mass is 9.88. The number of hydrogen-bond acceptors (Lipinski definition) is 4. The van der Waals surface area contributed by atoms with Gasteiger partial charge in [-0.25, -0.2) is 8.78 Å². The van der Waals surface area contributed by atoms with Crippen molar-refractivity contribution in [3.63, 3.8) is 0 Å². The van der Waals surface area contributed by atoms with Gasteiger partial charge in [-0.15, -0.1) is 0 Å². The summed E-state index contributed by atoms with van der Waals surface area (Å²) in [6.07, 6.45) is 7.63. The highest BCUT2D eigenvalue weighted by atomic mass is 19.1. The average Bonchev–Trinajstić information content (AvgIpc) is 3.49. The zero-order valence-corrected chi connectivity index (χ0v) is 31.1. The van der Waals surface area contributed by atoms with E-state index >= 15 is 0 Å². The van der Waals surface area contributed by atoms with Crippen LogP contribution in [0.5, 0.6) is 5.75 Å². The van der Waals surface area contributed by atoms with Gasteiger partial charge in [-0.3, -0.25) is 9.69 Å². The number of allylic oxidation sites excluding steroid dienone is 1. The van der Waals surface area contributed by atoms with E-state index in [4.69, 9.17) is 4.74 Å². The lowest BCUT2D eigenvalue weighted by molar-refractivity contribution is 0.104. The van der Waals surface area contributed by atoms with Crippen molar-refractivity contribution in [3.8, 4) is 5.75 Å². The van der Waals surface area contributed by atoms with Gasteiger partial charge in [0, 0.05) is 43.7 Å². The summed E-state index contributed by atoms with van der Waals surface area (Å²) in [5.74, 6) is 0.317. The van der Waals surface area contributed by atoms with Crippen LogP contribution in [0, 0.1) is 11.6 Å². The van der Waals surface area contributed by atoms with Crippen LogP contribution in [0.15, 0.2) is 132 Å². The van der Waals surface area contributed by atoms with Crippen LogP contribution in [-0.2, 0) is 19.5 Å². The highest BCUT2D eigenvalue weighted by Crippen LogP contribution is 2.33. The number of carbonyl (C=O) groups excluding carboxylic acids is 1. The van der Waals surface area contributed by atoms with Crippen LogP contribution in [0.3, 0.4) is 0 Å². The van der Waals surface area contributed by atoms with Gasteiger partial charge in [0.15, 0.2) is 5.78 Å². The standard InChI is InChI=1S/C48H48F2N2O2/c1-51(33-36-8-4-2-5-9-36)34-37-12-10-35(11-13-37)30-42-31-41-18-23-45(32-46(41)48(42)53)54-29-7-3-6-26-52-27-24-40(25-28-52)47(38-14-19-43(49)20-15-38)39-16-21-44(50)22-17-39/h2,4-5,8-23,30,32H,3,6-7,24-29,31,33-34H2,1H3/b42-30+. The molecule has 1 saturated heterocycles. The van der Waals surface area contributed by atoms with Crippen molar-refractivity contribution >= 4 is 17.4 Å². The first-order valence-electron chi connectivity index (χ1n) is 19.2. The fourth-order valence-corrected chi connectivity index (χ4v) is 7.68. The van der Waals surface area contributed by atoms with Crippen molar-refractivity contribution in [2.24, 2.45) is 0 Å². The van der Waals surface area contributed by atoms with Crippen molar-refractivity contribution in [2.45, 2.75) is 51.6 Å². The lowest BCUT2D eigenvalue weighted by Crippen LogP contribution is -2.32. The van der Waals surface area contributed by atoms with Gasteiger partial charge in [0.1, 0.15) is 17.4 Å². The van der Waals surface area contributed by atoms with E-state index in [9.17, 15) is 13.6 Å². The molecule has 0 radical (unpaired) electrons. The molecule has 276 valence electrons. The molecule has 4 nitrogen and oxygen atoms in total. The molecular weight excluding hydrogens is 675 g/mol. The number of hydrogen-bond donors (Lipinski definition) is 0. The Balaban J connectivity index is 0.844. The van der Waals surface area contributed by atoms with Gasteiger partial charge >= 0.3 is 0 Å². The average molecular weight is 723 g/mol. The minimum Gasteiger partial charge on any atom is -0.494 e. The number of unbranched alkanes of at least 4 members (excludes halogenated alkanes) is 2. The van der Waals surface area contributed by atoms with E-state index in [1.54, 1.807) is 0 Å². The van der Waals surface area contributed by atoms with Crippen LogP contribution in [0.4, 0.5) is 8.78 Å². The summed E-state index contributed by atoms with van der Waals surface area (Å²) in [4.78, 5) is 18.2. The minimum atomic E-state index is -0.261. The van der Waals surface area contributed by atoms with Crippen LogP contribution in [0.25, 0.3) is 11.6 Å². The minimum absolute atomic E-state index is 0.0871. The second-order valence-electron chi connectivity index (χ2n) is 14.6. The summed E-state index contributed by atoms with van der Waals surface area (Å²) < 4.78 is 33.5. The first kappa shape index (κ1) is 37.2. The molecular formula is C48H48F2N2O2. The molecule has 5 aromatic carbocycles. The molecule has 2 aliphatic rings. The number of rotatable bonds is 14. The number of carbonyl (C=O) groups is 1. The van der Waals surface area contributed by atoms with Crippen molar-refractivity contribution in [1.29, 1.82) is 0 Å². The van der Waals surface area contributed by atoms with E-state index < -0.39 is 0 Å². The van der Waals surface area contributed by atoms with Crippen LogP contribution < -0.4 is 4.74 Å². The van der Waals surface area contributed by atoms with Crippen LogP contribution in [-0.4, -0.2) is 48.9 Å². The molecule has 1 aliphatic carbocycles. The Hall–Kier alpha value is -5.17. The first-order valence-corrected chi connectivity index (χ1v) is 19.2. The van der Waals surface area contributed by atoms with E-state index in [0.29, 0.717) is 13.0 Å². The Morgan fingerprint density at radius 3 is 2.02 bits per heavy atom. The fraction of sp³-hybridized carbons (Fsp3) is 0.271. The smallest absolute Gasteiger partial charge is 0.189 e. The lowest BCUT2D eigenvalue weighted by Gasteiger charge is -2.30. The second-order valence-corrected chi connectivity index (χ2v) is 14.6. The quantitative estimate of drug-likeness (QED) is 0.0844. The van der Waals surface area contributed by atoms with E-state index in [-0.39, 0.29) is 17.4 Å². The molecule has 0 spiro atoms. The van der Waals surface area contributed by atoms with Gasteiger partial charge in [0.05, 0.1) is 6.61 Å². The summed E-state index contributed by atoms with van der Waals surface area (Å²) in [6.45, 7) is 5.35. The van der Waals surface area contributed by atoms with Crippen molar-refractivity contribution in [3.05, 3.63) is 183 Å². The highest BCUT2D eigenvalue weighted by Gasteiger charge is 2.25. The second kappa shape index (κ2) is 17.8. The largest absolute Gasteiger partial charge is 0.494 e. The topological polar surface area (TPSA) is 32.8 Å². The molecule has 5 aromatic rings. The zero-order valence-electron chi connectivity index (χ0n) is 31.1. The first-order chi connectivity index (χ1) is 26.4. The number of ketones is 1. The monoisotopic (exact) mass is 722 g/mol. The Kier molecular flexibility index (Phi) is 12.2. The van der Waals surface area contributed by atoms with Crippen LogP contribution in [0.2, 0.25) is 0 Å². The van der Waals surface area contributed by atoms with Gasteiger partial charge in [0.2, 0.25) is 0 Å². The molecule has 0 unspecified atom stereocenters. The number of likely N-dealkylation sites (tertiary alicyclic amines) is 1. The number of ether oxygens (including phenoxy) is 1. The maximum absolute atomic E-state index is 13.7. The summed E-state index contributed by atoms with van der Waals surface area (Å²) in [5, 5.41) is 0. The summed E-state index contributed by atoms with van der Waals surface area (Å²) in [6, 6.07) is 38.2. The van der Waals surface area contributed by atoms with Gasteiger partial charge in [-0.05, 0) is 127 Å². The Morgan fingerprint density at radius 1 is 0.741 bits per heavy atom. The van der Waals surface area contributed by atoms with Crippen molar-refractivity contribution in [2.75, 3.05) is 33.3 Å². The molecule has 0 saturated carbocycles. The zero-order chi connectivity index (χ0) is 37.3. The Bertz CT molecular complexity index is 2030. The molecule has 0 amide bonds. The maximum atomic E-state index is 13.7. The van der Waals surface area contributed by atoms with Crippen molar-refractivity contribution < 1.29 is 18.3 Å². The van der Waals surface area contributed by atoms with Crippen LogP contribution >= 0.6 is 0 Å². The van der Waals surface area contributed by atoms with Crippen LogP contribution in [0.1, 0.15) is 75.8 Å². The summed E-state index contributed by atoms with van der Waals surface area (Å²) in [7, 11) is 2.13. The number of Topliss-reactive ketones (excluding diaryl/α,β-unsaturated/α-hetero) is 1. The number of fused-ring (bicyclic) bond motifs is 1. The molecule has 7 rings (SSSR count). The van der Waals surface area contributed by atoms with E-state index in [1.165, 1.54) is 41.0 Å². The SMILES string of the molecule is CN(Cc1ccccc1)Cc1ccc(/C=C2\Cc3ccc(OCCCCCN4CCC(=C(c5ccc(F)cc5)c5ccc(F)cc5)CC4)cc3C2=O)cc1. The number of benzene rings is 5. The predicted molar refractivity (Wildman–Crippen MR) is 214 cm³/mol. The normalized spacial score (nSPS) is 15.2. The number of halogens is 2. The van der Waals surface area contributed by atoms with E-state index in [1.807, 2.05) is 54.6 Å². The molecule has 1 heterocycles. The number of piperidine rings is 1. The summed E-state index contributed by atoms with van der Waals surface area (Å²) >= 11 is 0. The highest BCUT2D eigenvalue weighted by molar-refractivity contribution is 6.15. The third kappa shape index (κ3) is 9.67. The molecule has 0 aromatic heterocycles. The van der Waals surface area contributed by atoms with Gasteiger partial charge in [-0.1, -0.05) is 90.5 Å². The molecule has 0 bridgehead atoms. The maximum Gasteiger partial charge on any atom is 0.189 e. The predicted octanol–water partition coefficient (Wildman–Crippen LogP) is 10.6. The third-order valence-electron chi connectivity index (χ3n) is 10.5. The molecule has 6 heteroatoms. The Morgan fingerprint density at radius 2 is 1.37 bits per heavy atom. The van der Waals surface area contributed by atoms with Crippen molar-refractivity contribution in [1.82, 2.24) is 9.80 Å². The van der Waals surface area contributed by atoms with E-state index in [0.717, 1.165) is 110 Å².